The Morgan fingerprint density at radius 2 is 2.50 bits per heavy atom. The van der Waals surface area contributed by atoms with Crippen molar-refractivity contribution in [3.63, 3.8) is 0 Å². The summed E-state index contributed by atoms with van der Waals surface area (Å²) in [6.45, 7) is 5.61. The first kappa shape index (κ1) is 7.22. The highest BCUT2D eigenvalue weighted by molar-refractivity contribution is 7.07. The van der Waals surface area contributed by atoms with E-state index in [1.807, 2.05) is 24.6 Å². The molecule has 0 aliphatic rings. The van der Waals surface area contributed by atoms with Crippen LogP contribution >= 0.6 is 11.3 Å². The average Bonchev–Trinajstić information content (AvgIpc) is 2.36. The summed E-state index contributed by atoms with van der Waals surface area (Å²) in [7, 11) is 0. The summed E-state index contributed by atoms with van der Waals surface area (Å²) in [5.41, 5.74) is 1.84. The van der Waals surface area contributed by atoms with Crippen molar-refractivity contribution >= 4 is 23.5 Å². The SMILES string of the molecule is C=CC=c1ncsc1=CC. The summed E-state index contributed by atoms with van der Waals surface area (Å²) in [6, 6.07) is 0. The predicted molar refractivity (Wildman–Crippen MR) is 46.2 cm³/mol. The minimum atomic E-state index is 1.02. The first-order valence-corrected chi connectivity index (χ1v) is 3.95. The van der Waals surface area contributed by atoms with E-state index < -0.39 is 0 Å². The van der Waals surface area contributed by atoms with E-state index in [0.717, 1.165) is 5.35 Å². The molecule has 1 nitrogen and oxygen atoms in total. The normalized spacial score (nSPS) is 14.1. The maximum absolute atomic E-state index is 4.14. The third kappa shape index (κ3) is 1.33. The number of allylic oxidation sites excluding steroid dienone is 1. The van der Waals surface area contributed by atoms with Gasteiger partial charge in [0.15, 0.2) is 0 Å². The van der Waals surface area contributed by atoms with Gasteiger partial charge in [0.1, 0.15) is 0 Å². The Balaban J connectivity index is 3.41. The van der Waals surface area contributed by atoms with Gasteiger partial charge >= 0.3 is 0 Å². The zero-order valence-corrected chi connectivity index (χ0v) is 6.69. The fourth-order valence-electron chi connectivity index (χ4n) is 0.717. The van der Waals surface area contributed by atoms with Gasteiger partial charge in [-0.3, -0.25) is 0 Å². The van der Waals surface area contributed by atoms with E-state index in [2.05, 4.69) is 11.6 Å². The third-order valence-corrected chi connectivity index (χ3v) is 2.07. The largest absolute Gasteiger partial charge is 0.245 e. The van der Waals surface area contributed by atoms with Gasteiger partial charge in [0.25, 0.3) is 0 Å². The first-order valence-electron chi connectivity index (χ1n) is 3.07. The van der Waals surface area contributed by atoms with Crippen molar-refractivity contribution in [2.75, 3.05) is 0 Å². The maximum atomic E-state index is 4.14. The van der Waals surface area contributed by atoms with E-state index in [0.29, 0.717) is 0 Å². The summed E-state index contributed by atoms with van der Waals surface area (Å²) < 4.78 is 1.21. The van der Waals surface area contributed by atoms with Gasteiger partial charge in [0.05, 0.1) is 15.4 Å². The minimum Gasteiger partial charge on any atom is -0.245 e. The van der Waals surface area contributed by atoms with Crippen molar-refractivity contribution in [3.05, 3.63) is 28.0 Å². The number of rotatable bonds is 1. The van der Waals surface area contributed by atoms with Gasteiger partial charge in [-0.2, -0.15) is 0 Å². The molecule has 1 heterocycles. The summed E-state index contributed by atoms with van der Waals surface area (Å²) in [5, 5.41) is 1.02. The molecule has 52 valence electrons. The fourth-order valence-corrected chi connectivity index (χ4v) is 1.37. The lowest BCUT2D eigenvalue weighted by atomic mass is 10.5. The molecule has 0 amide bonds. The molecule has 0 atom stereocenters. The molecule has 0 unspecified atom stereocenters. The van der Waals surface area contributed by atoms with Crippen molar-refractivity contribution < 1.29 is 0 Å². The Morgan fingerprint density at radius 3 is 3.10 bits per heavy atom. The van der Waals surface area contributed by atoms with Crippen LogP contribution < -0.4 is 9.88 Å². The van der Waals surface area contributed by atoms with Crippen LogP contribution in [0.1, 0.15) is 6.92 Å². The Morgan fingerprint density at radius 1 is 1.70 bits per heavy atom. The molecular formula is C8H9NS. The second-order valence-corrected chi connectivity index (χ2v) is 2.68. The highest BCUT2D eigenvalue weighted by Gasteiger charge is 1.82. The lowest BCUT2D eigenvalue weighted by Gasteiger charge is -1.71. The minimum absolute atomic E-state index is 1.02. The lowest BCUT2D eigenvalue weighted by Crippen LogP contribution is -2.19. The Labute approximate surface area is 64.0 Å². The van der Waals surface area contributed by atoms with Crippen LogP contribution in [0.25, 0.3) is 12.2 Å². The zero-order chi connectivity index (χ0) is 7.40. The van der Waals surface area contributed by atoms with Gasteiger partial charge in [0, 0.05) is 0 Å². The Hall–Kier alpha value is -0.890. The van der Waals surface area contributed by atoms with Crippen LogP contribution in [0.3, 0.4) is 0 Å². The third-order valence-electron chi connectivity index (χ3n) is 1.16. The quantitative estimate of drug-likeness (QED) is 0.581. The molecule has 0 aliphatic carbocycles. The van der Waals surface area contributed by atoms with Gasteiger partial charge in [-0.1, -0.05) is 18.7 Å². The monoisotopic (exact) mass is 151 g/mol. The predicted octanol–water partition coefficient (Wildman–Crippen LogP) is 0.910. The van der Waals surface area contributed by atoms with Crippen LogP contribution in [0, 0.1) is 0 Å². The molecule has 0 saturated heterocycles. The van der Waals surface area contributed by atoms with E-state index in [1.165, 1.54) is 4.53 Å². The van der Waals surface area contributed by atoms with E-state index in [1.54, 1.807) is 17.4 Å². The average molecular weight is 151 g/mol. The summed E-state index contributed by atoms with van der Waals surface area (Å²) in [4.78, 5) is 4.14. The Bertz CT molecular complexity index is 321. The summed E-state index contributed by atoms with van der Waals surface area (Å²) >= 11 is 1.64. The second kappa shape index (κ2) is 3.32. The van der Waals surface area contributed by atoms with E-state index in [-0.39, 0.29) is 0 Å². The zero-order valence-electron chi connectivity index (χ0n) is 5.87. The van der Waals surface area contributed by atoms with E-state index in [4.69, 9.17) is 0 Å². The van der Waals surface area contributed by atoms with Crippen LogP contribution in [0.2, 0.25) is 0 Å². The molecule has 1 rings (SSSR count). The molecule has 0 saturated carbocycles. The first-order chi connectivity index (χ1) is 4.88. The van der Waals surface area contributed by atoms with Crippen molar-refractivity contribution in [3.8, 4) is 0 Å². The van der Waals surface area contributed by atoms with Gasteiger partial charge in [-0.05, 0) is 13.0 Å². The molecule has 2 heteroatoms. The van der Waals surface area contributed by atoms with E-state index in [9.17, 15) is 0 Å². The van der Waals surface area contributed by atoms with Crippen molar-refractivity contribution in [1.82, 2.24) is 4.98 Å². The molecule has 0 N–H and O–H groups in total. The van der Waals surface area contributed by atoms with Gasteiger partial charge in [-0.25, -0.2) is 4.98 Å². The van der Waals surface area contributed by atoms with Gasteiger partial charge < -0.3 is 0 Å². The van der Waals surface area contributed by atoms with Crippen molar-refractivity contribution in [2.24, 2.45) is 0 Å². The molecule has 0 bridgehead atoms. The topological polar surface area (TPSA) is 12.9 Å². The van der Waals surface area contributed by atoms with Gasteiger partial charge in [-0.15, -0.1) is 11.3 Å². The lowest BCUT2D eigenvalue weighted by molar-refractivity contribution is 1.32. The number of hydrogen-bond donors (Lipinski definition) is 0. The summed E-state index contributed by atoms with van der Waals surface area (Å²) in [6.07, 6.45) is 5.71. The van der Waals surface area contributed by atoms with Crippen LogP contribution in [0.5, 0.6) is 0 Å². The number of thiazole rings is 1. The van der Waals surface area contributed by atoms with Crippen LogP contribution in [-0.2, 0) is 0 Å². The smallest absolute Gasteiger partial charge is 0.0808 e. The highest BCUT2D eigenvalue weighted by Crippen LogP contribution is 1.75. The number of nitrogens with zero attached hydrogens (tertiary/aromatic N) is 1. The van der Waals surface area contributed by atoms with Crippen LogP contribution in [-0.4, -0.2) is 4.98 Å². The van der Waals surface area contributed by atoms with Gasteiger partial charge in [0.2, 0.25) is 0 Å². The maximum Gasteiger partial charge on any atom is 0.0808 e. The van der Waals surface area contributed by atoms with Crippen molar-refractivity contribution in [1.29, 1.82) is 0 Å². The fraction of sp³-hybridized carbons (Fsp3) is 0.125. The Kier molecular flexibility index (Phi) is 2.40. The molecule has 0 spiro atoms. The van der Waals surface area contributed by atoms with Crippen molar-refractivity contribution in [2.45, 2.75) is 6.92 Å². The molecule has 0 fully saturated rings. The highest BCUT2D eigenvalue weighted by atomic mass is 32.1. The molecule has 0 aliphatic heterocycles. The summed E-state index contributed by atoms with van der Waals surface area (Å²) in [5.74, 6) is 0. The second-order valence-electron chi connectivity index (χ2n) is 1.79. The molecule has 1 aromatic heterocycles. The van der Waals surface area contributed by atoms with E-state index >= 15 is 0 Å². The molecular weight excluding hydrogens is 142 g/mol. The molecule has 10 heavy (non-hydrogen) atoms. The molecule has 0 radical (unpaired) electrons. The van der Waals surface area contributed by atoms with Crippen LogP contribution in [0.15, 0.2) is 18.2 Å². The molecule has 1 aromatic rings. The van der Waals surface area contributed by atoms with Crippen LogP contribution in [0.4, 0.5) is 0 Å². The number of hydrogen-bond acceptors (Lipinski definition) is 2. The standard InChI is InChI=1S/C8H9NS/c1-3-5-7-8(4-2)10-6-9-7/h3-6H,1H2,2H3. The number of aromatic nitrogens is 1. The molecule has 0 aromatic carbocycles.